The van der Waals surface area contributed by atoms with Gasteiger partial charge in [0.05, 0.1) is 0 Å². The van der Waals surface area contributed by atoms with Gasteiger partial charge in [0.1, 0.15) is 0 Å². The molecule has 3 heteroatoms. The summed E-state index contributed by atoms with van der Waals surface area (Å²) >= 11 is 0. The fourth-order valence-electron chi connectivity index (χ4n) is 3.43. The summed E-state index contributed by atoms with van der Waals surface area (Å²) in [6.45, 7) is 7.17. The maximum absolute atomic E-state index is 6.37. The SMILES string of the molecule is CCCCCCC1OCOC(CCCCCC)(CCCCCC)O1. The van der Waals surface area contributed by atoms with Crippen LogP contribution in [0.15, 0.2) is 0 Å². The van der Waals surface area contributed by atoms with Gasteiger partial charge in [0.2, 0.25) is 0 Å². The van der Waals surface area contributed by atoms with Gasteiger partial charge in [0.15, 0.2) is 18.9 Å². The highest BCUT2D eigenvalue weighted by molar-refractivity contribution is 4.74. The molecule has 0 amide bonds. The highest BCUT2D eigenvalue weighted by Gasteiger charge is 2.38. The first-order chi connectivity index (χ1) is 11.8. The van der Waals surface area contributed by atoms with Crippen molar-refractivity contribution in [3.63, 3.8) is 0 Å². The van der Waals surface area contributed by atoms with E-state index in [1.54, 1.807) is 0 Å². The molecule has 1 fully saturated rings. The molecule has 0 aromatic heterocycles. The Kier molecular flexibility index (Phi) is 12.9. The van der Waals surface area contributed by atoms with Crippen molar-refractivity contribution in [1.29, 1.82) is 0 Å². The molecule has 1 saturated heterocycles. The number of unbranched alkanes of at least 4 members (excludes halogenated alkanes) is 9. The van der Waals surface area contributed by atoms with Gasteiger partial charge < -0.3 is 14.2 Å². The lowest BCUT2D eigenvalue weighted by Gasteiger charge is -2.41. The van der Waals surface area contributed by atoms with Crippen molar-refractivity contribution in [2.75, 3.05) is 6.79 Å². The first kappa shape index (κ1) is 21.9. The normalized spacial score (nSPS) is 20.4. The van der Waals surface area contributed by atoms with Gasteiger partial charge in [-0.05, 0) is 25.7 Å². The predicted octanol–water partition coefficient (Wildman–Crippen LogP) is 6.94. The minimum absolute atomic E-state index is 0.0621. The van der Waals surface area contributed by atoms with Crippen molar-refractivity contribution in [2.24, 2.45) is 0 Å². The van der Waals surface area contributed by atoms with E-state index in [1.165, 1.54) is 77.0 Å². The molecule has 1 heterocycles. The van der Waals surface area contributed by atoms with E-state index in [0.29, 0.717) is 6.79 Å². The van der Waals surface area contributed by atoms with Crippen LogP contribution in [0.5, 0.6) is 0 Å². The van der Waals surface area contributed by atoms with E-state index in [9.17, 15) is 0 Å². The molecule has 1 aliphatic heterocycles. The quantitative estimate of drug-likeness (QED) is 0.302. The van der Waals surface area contributed by atoms with Crippen LogP contribution < -0.4 is 0 Å². The van der Waals surface area contributed by atoms with Crippen LogP contribution >= 0.6 is 0 Å². The third-order valence-electron chi connectivity index (χ3n) is 5.04. The molecule has 0 aromatic rings. The highest BCUT2D eigenvalue weighted by atomic mass is 16.9. The van der Waals surface area contributed by atoms with Crippen molar-refractivity contribution in [3.8, 4) is 0 Å². The van der Waals surface area contributed by atoms with Crippen LogP contribution in [0.4, 0.5) is 0 Å². The molecule has 0 saturated carbocycles. The maximum Gasteiger partial charge on any atom is 0.174 e. The minimum Gasteiger partial charge on any atom is -0.326 e. The fourth-order valence-corrected chi connectivity index (χ4v) is 3.43. The molecule has 0 aromatic carbocycles. The summed E-state index contributed by atoms with van der Waals surface area (Å²) in [5, 5.41) is 0. The van der Waals surface area contributed by atoms with Crippen molar-refractivity contribution >= 4 is 0 Å². The molecule has 1 rings (SSSR count). The average molecular weight is 343 g/mol. The molecule has 1 unspecified atom stereocenters. The van der Waals surface area contributed by atoms with Gasteiger partial charge in [-0.15, -0.1) is 0 Å². The molecule has 0 N–H and O–H groups in total. The van der Waals surface area contributed by atoms with Crippen LogP contribution in [0.1, 0.15) is 117 Å². The summed E-state index contributed by atoms with van der Waals surface area (Å²) in [6.07, 6.45) is 18.2. The molecule has 144 valence electrons. The monoisotopic (exact) mass is 342 g/mol. The second kappa shape index (κ2) is 14.1. The van der Waals surface area contributed by atoms with Crippen LogP contribution in [0.2, 0.25) is 0 Å². The van der Waals surface area contributed by atoms with E-state index in [2.05, 4.69) is 20.8 Å². The third kappa shape index (κ3) is 9.39. The van der Waals surface area contributed by atoms with Crippen LogP contribution in [0.3, 0.4) is 0 Å². The van der Waals surface area contributed by atoms with Crippen molar-refractivity contribution in [2.45, 2.75) is 129 Å². The van der Waals surface area contributed by atoms with Gasteiger partial charge in [-0.25, -0.2) is 0 Å². The molecule has 0 bridgehead atoms. The van der Waals surface area contributed by atoms with Gasteiger partial charge in [-0.3, -0.25) is 0 Å². The van der Waals surface area contributed by atoms with Crippen LogP contribution in [0.25, 0.3) is 0 Å². The van der Waals surface area contributed by atoms with Gasteiger partial charge in [-0.1, -0.05) is 78.6 Å². The van der Waals surface area contributed by atoms with Crippen molar-refractivity contribution in [3.05, 3.63) is 0 Å². The summed E-state index contributed by atoms with van der Waals surface area (Å²) in [6, 6.07) is 0. The average Bonchev–Trinajstić information content (AvgIpc) is 2.60. The molecule has 1 aliphatic rings. The Hall–Kier alpha value is -0.120. The molecular formula is C21H42O3. The molecular weight excluding hydrogens is 300 g/mol. The first-order valence-electron chi connectivity index (χ1n) is 10.7. The number of hydrogen-bond acceptors (Lipinski definition) is 3. The van der Waals surface area contributed by atoms with Gasteiger partial charge in [-0.2, -0.15) is 0 Å². The lowest BCUT2D eigenvalue weighted by Crippen LogP contribution is -2.46. The van der Waals surface area contributed by atoms with E-state index in [-0.39, 0.29) is 12.1 Å². The largest absolute Gasteiger partial charge is 0.326 e. The van der Waals surface area contributed by atoms with Crippen LogP contribution in [-0.4, -0.2) is 18.9 Å². The second-order valence-electron chi connectivity index (χ2n) is 7.36. The molecule has 3 nitrogen and oxygen atoms in total. The van der Waals surface area contributed by atoms with E-state index in [4.69, 9.17) is 14.2 Å². The fraction of sp³-hybridized carbons (Fsp3) is 1.00. The molecule has 0 aliphatic carbocycles. The van der Waals surface area contributed by atoms with Crippen molar-refractivity contribution in [1.82, 2.24) is 0 Å². The Bertz CT molecular complexity index is 268. The summed E-state index contributed by atoms with van der Waals surface area (Å²) in [5.41, 5.74) is 0. The molecule has 24 heavy (non-hydrogen) atoms. The third-order valence-corrected chi connectivity index (χ3v) is 5.04. The maximum atomic E-state index is 6.37. The standard InChI is InChI=1S/C21H42O3/c1-4-7-10-13-16-20-22-19-23-21(24-20,17-14-11-8-5-2)18-15-12-9-6-3/h20H,4-19H2,1-3H3. The van der Waals surface area contributed by atoms with E-state index < -0.39 is 0 Å². The molecule has 0 radical (unpaired) electrons. The zero-order valence-electron chi connectivity index (χ0n) is 16.6. The van der Waals surface area contributed by atoms with Gasteiger partial charge in [0, 0.05) is 12.8 Å². The Labute approximate surface area is 150 Å². The minimum atomic E-state index is -0.380. The van der Waals surface area contributed by atoms with E-state index in [1.807, 2.05) is 0 Å². The summed E-state index contributed by atoms with van der Waals surface area (Å²) in [4.78, 5) is 0. The number of rotatable bonds is 15. The molecule has 1 atom stereocenters. The second-order valence-corrected chi connectivity index (χ2v) is 7.36. The number of hydrogen-bond donors (Lipinski definition) is 0. The Balaban J connectivity index is 2.44. The zero-order valence-corrected chi connectivity index (χ0v) is 16.6. The van der Waals surface area contributed by atoms with E-state index in [0.717, 1.165) is 19.3 Å². The lowest BCUT2D eigenvalue weighted by atomic mass is 9.99. The van der Waals surface area contributed by atoms with Crippen molar-refractivity contribution < 1.29 is 14.2 Å². The smallest absolute Gasteiger partial charge is 0.174 e. The highest BCUT2D eigenvalue weighted by Crippen LogP contribution is 2.34. The Morgan fingerprint density at radius 2 is 1.25 bits per heavy atom. The Morgan fingerprint density at radius 3 is 1.79 bits per heavy atom. The lowest BCUT2D eigenvalue weighted by molar-refractivity contribution is -0.401. The van der Waals surface area contributed by atoms with E-state index >= 15 is 0 Å². The topological polar surface area (TPSA) is 27.7 Å². The van der Waals surface area contributed by atoms with Gasteiger partial charge >= 0.3 is 0 Å². The Morgan fingerprint density at radius 1 is 0.708 bits per heavy atom. The zero-order chi connectivity index (χ0) is 17.5. The first-order valence-corrected chi connectivity index (χ1v) is 10.7. The molecule has 0 spiro atoms. The van der Waals surface area contributed by atoms with Crippen LogP contribution in [0, 0.1) is 0 Å². The number of ether oxygens (including phenoxy) is 3. The van der Waals surface area contributed by atoms with Gasteiger partial charge in [0.25, 0.3) is 0 Å². The van der Waals surface area contributed by atoms with Crippen LogP contribution in [-0.2, 0) is 14.2 Å². The summed E-state index contributed by atoms with van der Waals surface area (Å²) in [7, 11) is 0. The summed E-state index contributed by atoms with van der Waals surface area (Å²) in [5.74, 6) is -0.380. The summed E-state index contributed by atoms with van der Waals surface area (Å²) < 4.78 is 18.1. The predicted molar refractivity (Wildman–Crippen MR) is 101 cm³/mol.